The number of para-hydroxylation sites is 1. The van der Waals surface area contributed by atoms with E-state index in [2.05, 4.69) is 10.4 Å². The fourth-order valence-electron chi connectivity index (χ4n) is 2.92. The number of hydrogen-bond acceptors (Lipinski definition) is 4. The van der Waals surface area contributed by atoms with Crippen molar-refractivity contribution in [2.45, 2.75) is 0 Å². The molecule has 4 aromatic rings. The van der Waals surface area contributed by atoms with E-state index >= 15 is 0 Å². The molecule has 148 valence electrons. The van der Waals surface area contributed by atoms with E-state index in [-0.39, 0.29) is 5.69 Å². The van der Waals surface area contributed by atoms with Gasteiger partial charge < -0.3 is 5.32 Å². The van der Waals surface area contributed by atoms with Crippen LogP contribution in [0.15, 0.2) is 84.9 Å². The Labute approximate surface area is 176 Å². The minimum atomic E-state index is -0.509. The molecule has 1 aromatic heterocycles. The maximum absolute atomic E-state index is 12.7. The molecular weight excluding hydrogens is 404 g/mol. The van der Waals surface area contributed by atoms with Gasteiger partial charge in [-0.1, -0.05) is 41.9 Å². The van der Waals surface area contributed by atoms with Crippen LogP contribution < -0.4 is 5.32 Å². The molecule has 4 rings (SSSR count). The Morgan fingerprint density at radius 2 is 1.63 bits per heavy atom. The second-order valence-corrected chi connectivity index (χ2v) is 6.86. The van der Waals surface area contributed by atoms with Gasteiger partial charge in [0.05, 0.1) is 16.3 Å². The molecule has 0 fully saturated rings. The maximum atomic E-state index is 12.7. The number of nitrogens with one attached hydrogen (secondary N) is 1. The summed E-state index contributed by atoms with van der Waals surface area (Å²) < 4.78 is 1.63. The minimum absolute atomic E-state index is 0.0779. The summed E-state index contributed by atoms with van der Waals surface area (Å²) in [6.45, 7) is 0. The van der Waals surface area contributed by atoms with Gasteiger partial charge in [0.2, 0.25) is 0 Å². The number of amides is 1. The highest BCUT2D eigenvalue weighted by Crippen LogP contribution is 2.26. The number of nitro benzene ring substituents is 1. The topological polar surface area (TPSA) is 90.1 Å². The minimum Gasteiger partial charge on any atom is -0.306 e. The lowest BCUT2D eigenvalue weighted by Gasteiger charge is -2.08. The number of carbonyl (C=O) groups is 1. The monoisotopic (exact) mass is 418 g/mol. The Hall–Kier alpha value is -3.97. The molecular formula is C22H15ClN4O3. The molecule has 7 nitrogen and oxygen atoms in total. The molecule has 0 atom stereocenters. The van der Waals surface area contributed by atoms with Crippen molar-refractivity contribution in [3.05, 3.63) is 106 Å². The fourth-order valence-corrected chi connectivity index (χ4v) is 3.05. The van der Waals surface area contributed by atoms with Crippen molar-refractivity contribution in [3.8, 4) is 16.9 Å². The molecule has 1 heterocycles. The second kappa shape index (κ2) is 8.18. The van der Waals surface area contributed by atoms with Gasteiger partial charge in [-0.3, -0.25) is 14.9 Å². The van der Waals surface area contributed by atoms with Crippen LogP contribution in [0.4, 0.5) is 11.5 Å². The van der Waals surface area contributed by atoms with Crippen LogP contribution in [0, 0.1) is 10.1 Å². The van der Waals surface area contributed by atoms with Gasteiger partial charge >= 0.3 is 0 Å². The number of anilines is 1. The number of benzene rings is 3. The van der Waals surface area contributed by atoms with Crippen LogP contribution in [0.2, 0.25) is 5.02 Å². The number of halogens is 1. The van der Waals surface area contributed by atoms with Gasteiger partial charge in [0.15, 0.2) is 0 Å². The Bertz CT molecular complexity index is 1200. The third-order valence-corrected chi connectivity index (χ3v) is 4.68. The quantitative estimate of drug-likeness (QED) is 0.349. The van der Waals surface area contributed by atoms with E-state index in [1.807, 2.05) is 42.5 Å². The Kier molecular flexibility index (Phi) is 5.28. The zero-order valence-corrected chi connectivity index (χ0v) is 16.3. The number of non-ortho nitro benzene ring substituents is 1. The van der Waals surface area contributed by atoms with Crippen molar-refractivity contribution in [2.24, 2.45) is 0 Å². The summed E-state index contributed by atoms with van der Waals surface area (Å²) in [4.78, 5) is 23.0. The van der Waals surface area contributed by atoms with Crippen molar-refractivity contribution in [3.63, 3.8) is 0 Å². The van der Waals surface area contributed by atoms with Crippen LogP contribution in [0.3, 0.4) is 0 Å². The van der Waals surface area contributed by atoms with Crippen LogP contribution in [-0.2, 0) is 0 Å². The zero-order chi connectivity index (χ0) is 21.1. The van der Waals surface area contributed by atoms with Crippen LogP contribution in [0.5, 0.6) is 0 Å². The highest BCUT2D eigenvalue weighted by molar-refractivity contribution is 6.30. The van der Waals surface area contributed by atoms with Gasteiger partial charge in [-0.15, -0.1) is 0 Å². The second-order valence-electron chi connectivity index (χ2n) is 6.43. The van der Waals surface area contributed by atoms with E-state index < -0.39 is 10.8 Å². The van der Waals surface area contributed by atoms with E-state index in [0.29, 0.717) is 22.1 Å². The highest BCUT2D eigenvalue weighted by Gasteiger charge is 2.16. The number of hydrogen-bond donors (Lipinski definition) is 1. The molecule has 0 aliphatic rings. The van der Waals surface area contributed by atoms with E-state index in [1.165, 1.54) is 24.3 Å². The lowest BCUT2D eigenvalue weighted by Crippen LogP contribution is -2.15. The maximum Gasteiger partial charge on any atom is 0.269 e. The molecule has 8 heteroatoms. The first-order valence-electron chi connectivity index (χ1n) is 8.98. The molecule has 1 amide bonds. The molecule has 0 unspecified atom stereocenters. The van der Waals surface area contributed by atoms with Gasteiger partial charge in [0.1, 0.15) is 5.82 Å². The summed E-state index contributed by atoms with van der Waals surface area (Å²) in [5, 5.41) is 18.9. The molecule has 0 aliphatic carbocycles. The first kappa shape index (κ1) is 19.4. The van der Waals surface area contributed by atoms with E-state index in [4.69, 9.17) is 11.6 Å². The molecule has 30 heavy (non-hydrogen) atoms. The number of carbonyl (C=O) groups excluding carboxylic acids is 1. The van der Waals surface area contributed by atoms with Gasteiger partial charge in [0, 0.05) is 34.3 Å². The van der Waals surface area contributed by atoms with Crippen molar-refractivity contribution in [1.29, 1.82) is 0 Å². The normalized spacial score (nSPS) is 10.6. The zero-order valence-electron chi connectivity index (χ0n) is 15.5. The number of nitro groups is 1. The first-order valence-corrected chi connectivity index (χ1v) is 9.36. The Morgan fingerprint density at radius 1 is 0.967 bits per heavy atom. The van der Waals surface area contributed by atoms with Gasteiger partial charge in [0.25, 0.3) is 11.6 Å². The molecule has 0 radical (unpaired) electrons. The first-order chi connectivity index (χ1) is 14.5. The fraction of sp³-hybridized carbons (Fsp3) is 0. The third-order valence-electron chi connectivity index (χ3n) is 4.43. The van der Waals surface area contributed by atoms with E-state index in [1.54, 1.807) is 22.9 Å². The summed E-state index contributed by atoms with van der Waals surface area (Å²) in [5.74, 6) is 0.0686. The summed E-state index contributed by atoms with van der Waals surface area (Å²) in [6, 6.07) is 23.8. The Morgan fingerprint density at radius 3 is 2.27 bits per heavy atom. The molecule has 0 bridgehead atoms. The average molecular weight is 419 g/mol. The Balaban J connectivity index is 1.69. The number of rotatable bonds is 5. The predicted octanol–water partition coefficient (Wildman–Crippen LogP) is 5.35. The summed E-state index contributed by atoms with van der Waals surface area (Å²) >= 11 is 5.97. The van der Waals surface area contributed by atoms with Crippen molar-refractivity contribution < 1.29 is 9.72 Å². The van der Waals surface area contributed by atoms with Crippen LogP contribution in [-0.4, -0.2) is 20.6 Å². The standard InChI is InChI=1S/C22H15ClN4O3/c23-17-10-6-15(7-11-17)20-14-21(26(25-20)18-4-2-1-3-5-18)24-22(28)16-8-12-19(13-9-16)27(29)30/h1-14H,(H,24,28). The number of aromatic nitrogens is 2. The molecule has 0 saturated heterocycles. The van der Waals surface area contributed by atoms with Crippen molar-refractivity contribution in [1.82, 2.24) is 9.78 Å². The summed E-state index contributed by atoms with van der Waals surface area (Å²) in [6.07, 6.45) is 0. The van der Waals surface area contributed by atoms with Crippen LogP contribution in [0.1, 0.15) is 10.4 Å². The third kappa shape index (κ3) is 4.06. The lowest BCUT2D eigenvalue weighted by atomic mass is 10.1. The smallest absolute Gasteiger partial charge is 0.269 e. The summed E-state index contributed by atoms with van der Waals surface area (Å²) in [7, 11) is 0. The molecule has 3 aromatic carbocycles. The lowest BCUT2D eigenvalue weighted by molar-refractivity contribution is -0.384. The van der Waals surface area contributed by atoms with Crippen LogP contribution in [0.25, 0.3) is 16.9 Å². The highest BCUT2D eigenvalue weighted by atomic mass is 35.5. The average Bonchev–Trinajstić information content (AvgIpc) is 3.18. The van der Waals surface area contributed by atoms with Gasteiger partial charge in [-0.2, -0.15) is 5.10 Å². The van der Waals surface area contributed by atoms with Gasteiger partial charge in [-0.25, -0.2) is 4.68 Å². The van der Waals surface area contributed by atoms with Crippen molar-refractivity contribution >= 4 is 29.0 Å². The van der Waals surface area contributed by atoms with E-state index in [0.717, 1.165) is 11.3 Å². The largest absolute Gasteiger partial charge is 0.306 e. The molecule has 0 spiro atoms. The molecule has 1 N–H and O–H groups in total. The van der Waals surface area contributed by atoms with Gasteiger partial charge in [-0.05, 0) is 36.4 Å². The van der Waals surface area contributed by atoms with Crippen LogP contribution >= 0.6 is 11.6 Å². The molecule has 0 saturated carbocycles. The summed E-state index contributed by atoms with van der Waals surface area (Å²) in [5.41, 5.74) is 2.51. The SMILES string of the molecule is O=C(Nc1cc(-c2ccc(Cl)cc2)nn1-c1ccccc1)c1ccc([N+](=O)[O-])cc1. The van der Waals surface area contributed by atoms with Crippen molar-refractivity contribution in [2.75, 3.05) is 5.32 Å². The number of nitrogens with zero attached hydrogens (tertiary/aromatic N) is 3. The van der Waals surface area contributed by atoms with E-state index in [9.17, 15) is 14.9 Å². The molecule has 0 aliphatic heterocycles. The predicted molar refractivity (Wildman–Crippen MR) is 115 cm³/mol.